The normalized spacial score (nSPS) is 16.1. The Morgan fingerprint density at radius 3 is 2.15 bits per heavy atom. The van der Waals surface area contributed by atoms with E-state index in [-0.39, 0.29) is 5.41 Å². The van der Waals surface area contributed by atoms with Crippen LogP contribution in [0, 0.1) is 11.5 Å². The van der Waals surface area contributed by atoms with Crippen molar-refractivity contribution in [3.63, 3.8) is 0 Å². The van der Waals surface area contributed by atoms with E-state index in [0.717, 1.165) is 5.57 Å². The zero-order valence-electron chi connectivity index (χ0n) is 8.20. The van der Waals surface area contributed by atoms with Gasteiger partial charge in [0.15, 0.2) is 0 Å². The zero-order valence-corrected chi connectivity index (χ0v) is 8.20. The fourth-order valence-electron chi connectivity index (χ4n) is 1.06. The lowest BCUT2D eigenvalue weighted by molar-refractivity contribution is 0.420. The second-order valence-corrected chi connectivity index (χ2v) is 4.16. The van der Waals surface area contributed by atoms with Gasteiger partial charge in [0.05, 0.1) is 17.6 Å². The first-order valence-corrected chi connectivity index (χ1v) is 4.29. The van der Waals surface area contributed by atoms with Crippen molar-refractivity contribution in [3.8, 4) is 0 Å². The van der Waals surface area contributed by atoms with Crippen LogP contribution in [0.25, 0.3) is 0 Å². The van der Waals surface area contributed by atoms with Gasteiger partial charge in [0, 0.05) is 17.6 Å². The second-order valence-electron chi connectivity index (χ2n) is 4.16. The average molecular weight is 177 g/mol. The Hall–Kier alpha value is -0.885. The van der Waals surface area contributed by atoms with E-state index >= 15 is 0 Å². The molecular weight excluding hydrogens is 163 g/mol. The molecule has 0 unspecified atom stereocenters. The first-order chi connectivity index (χ1) is 5.91. The third kappa shape index (κ3) is 2.53. The van der Waals surface area contributed by atoms with Gasteiger partial charge in [-0.3, -0.25) is 0 Å². The number of rotatable bonds is 1. The van der Waals surface area contributed by atoms with Crippen molar-refractivity contribution in [1.29, 1.82) is 0 Å². The fourth-order valence-corrected chi connectivity index (χ4v) is 1.06. The molecule has 0 amide bonds. The van der Waals surface area contributed by atoms with Gasteiger partial charge in [0.25, 0.3) is 0 Å². The Morgan fingerprint density at radius 1 is 1.23 bits per heavy atom. The highest BCUT2D eigenvalue weighted by Gasteiger charge is 2.26. The van der Waals surface area contributed by atoms with Crippen LogP contribution in [0.5, 0.6) is 0 Å². The van der Waals surface area contributed by atoms with Crippen LogP contribution in [-0.4, -0.2) is 17.2 Å². The van der Waals surface area contributed by atoms with Gasteiger partial charge in [-0.2, -0.15) is 0 Å². The molecule has 1 aliphatic carbocycles. The minimum atomic E-state index is -1.40. The van der Waals surface area contributed by atoms with Crippen LogP contribution in [0.4, 0.5) is 0 Å². The smallest absolute Gasteiger partial charge is 0.411 e. The molecule has 2 nitrogen and oxygen atoms in total. The molecule has 13 heavy (non-hydrogen) atoms. The first-order valence-electron chi connectivity index (χ1n) is 4.29. The Labute approximate surface area is 79.4 Å². The van der Waals surface area contributed by atoms with Crippen LogP contribution in [0.2, 0.25) is 0 Å². The minimum Gasteiger partial charge on any atom is -0.411 e. The molecule has 1 aliphatic rings. The molecule has 0 saturated carbocycles. The monoisotopic (exact) mass is 177 g/mol. The van der Waals surface area contributed by atoms with E-state index in [1.807, 2.05) is 6.08 Å². The van der Waals surface area contributed by atoms with Crippen LogP contribution in [-0.2, 0) is 0 Å². The predicted octanol–water partition coefficient (Wildman–Crippen LogP) is 1.27. The molecule has 0 aromatic carbocycles. The Kier molecular flexibility index (Phi) is 2.72. The summed E-state index contributed by atoms with van der Waals surface area (Å²) >= 11 is 0. The van der Waals surface area contributed by atoms with Crippen LogP contribution >= 0.6 is 0 Å². The lowest BCUT2D eigenvalue weighted by atomic mass is 9.75. The van der Waals surface area contributed by atoms with Crippen molar-refractivity contribution in [3.05, 3.63) is 35.3 Å². The Morgan fingerprint density at radius 2 is 1.85 bits per heavy atom. The molecule has 0 bridgehead atoms. The zero-order chi connectivity index (χ0) is 10.1. The van der Waals surface area contributed by atoms with Gasteiger partial charge in [0.2, 0.25) is 0 Å². The summed E-state index contributed by atoms with van der Waals surface area (Å²) in [7, 11) is -1.40. The summed E-state index contributed by atoms with van der Waals surface area (Å²) in [6, 6.07) is 0. The van der Waals surface area contributed by atoms with Crippen molar-refractivity contribution in [1.82, 2.24) is 0 Å². The summed E-state index contributed by atoms with van der Waals surface area (Å²) in [5, 5.41) is 17.7. The van der Waals surface area contributed by atoms with Crippen LogP contribution < -0.4 is 0 Å². The quantitative estimate of drug-likeness (QED) is 0.467. The molecule has 1 rings (SSSR count). The van der Waals surface area contributed by atoms with E-state index in [4.69, 9.17) is 10.0 Å². The van der Waals surface area contributed by atoms with Gasteiger partial charge in [-0.1, -0.05) is 20.8 Å². The molecule has 0 aromatic rings. The number of hydrogen-bond acceptors (Lipinski definition) is 2. The number of allylic oxidation sites excluding steroid dienone is 6. The van der Waals surface area contributed by atoms with Crippen molar-refractivity contribution < 1.29 is 10.0 Å². The highest BCUT2D eigenvalue weighted by molar-refractivity contribution is 6.51. The van der Waals surface area contributed by atoms with E-state index in [9.17, 15) is 0 Å². The third-order valence-electron chi connectivity index (χ3n) is 1.94. The van der Waals surface area contributed by atoms with Crippen molar-refractivity contribution in [2.24, 2.45) is 5.41 Å². The summed E-state index contributed by atoms with van der Waals surface area (Å²) < 4.78 is 0. The standard InChI is InChI=1S/C10H14BO2/c1-10(2,3)8-4-6-9(7-5-8)11(12)13/h4,6-7,12-13H,1-3H3/q+1. The lowest BCUT2D eigenvalue weighted by Gasteiger charge is -2.14. The molecule has 0 spiro atoms. The first kappa shape index (κ1) is 10.2. The van der Waals surface area contributed by atoms with Crippen LogP contribution in [0.15, 0.2) is 29.3 Å². The topological polar surface area (TPSA) is 40.5 Å². The van der Waals surface area contributed by atoms with Gasteiger partial charge in [-0.05, 0) is 0 Å². The van der Waals surface area contributed by atoms with Crippen LogP contribution in [0.1, 0.15) is 20.8 Å². The van der Waals surface area contributed by atoms with Gasteiger partial charge >= 0.3 is 7.12 Å². The van der Waals surface area contributed by atoms with Gasteiger partial charge in [0.1, 0.15) is 5.57 Å². The van der Waals surface area contributed by atoms with Crippen molar-refractivity contribution >= 4 is 7.12 Å². The lowest BCUT2D eigenvalue weighted by Crippen LogP contribution is -2.16. The van der Waals surface area contributed by atoms with Crippen molar-refractivity contribution in [2.45, 2.75) is 20.8 Å². The Bertz CT molecular complexity index is 280. The molecule has 0 aromatic heterocycles. The van der Waals surface area contributed by atoms with Crippen LogP contribution in [0.3, 0.4) is 0 Å². The largest absolute Gasteiger partial charge is 0.569 e. The van der Waals surface area contributed by atoms with Crippen molar-refractivity contribution in [2.75, 3.05) is 0 Å². The highest BCUT2D eigenvalue weighted by Crippen LogP contribution is 2.28. The van der Waals surface area contributed by atoms with Gasteiger partial charge in [-0.25, -0.2) is 0 Å². The molecule has 0 atom stereocenters. The van der Waals surface area contributed by atoms with Gasteiger partial charge < -0.3 is 10.0 Å². The molecule has 0 saturated heterocycles. The summed E-state index contributed by atoms with van der Waals surface area (Å²) in [6.07, 6.45) is 8.23. The molecule has 0 aliphatic heterocycles. The SMILES string of the molecule is CC(C)(C)C1=[C+]C=C(B(O)O)C=C1. The third-order valence-corrected chi connectivity index (χ3v) is 1.94. The Balaban J connectivity index is 2.86. The molecule has 2 N–H and O–H groups in total. The minimum absolute atomic E-state index is 0.0545. The fraction of sp³-hybridized carbons (Fsp3) is 0.400. The highest BCUT2D eigenvalue weighted by atomic mass is 16.4. The summed E-state index contributed by atoms with van der Waals surface area (Å²) in [6.45, 7) is 6.27. The summed E-state index contributed by atoms with van der Waals surface area (Å²) in [4.78, 5) is 0. The average Bonchev–Trinajstić information content (AvgIpc) is 2.03. The maximum Gasteiger partial charge on any atom is 0.569 e. The van der Waals surface area contributed by atoms with E-state index < -0.39 is 7.12 Å². The number of hydrogen-bond donors (Lipinski definition) is 2. The van der Waals surface area contributed by atoms with E-state index in [1.54, 1.807) is 12.2 Å². The predicted molar refractivity (Wildman–Crippen MR) is 53.6 cm³/mol. The summed E-state index contributed by atoms with van der Waals surface area (Å²) in [5.74, 6) is 0. The van der Waals surface area contributed by atoms with Gasteiger partial charge in [-0.15, -0.1) is 0 Å². The molecular formula is C10H14BO2+. The molecule has 0 heterocycles. The molecule has 0 fully saturated rings. The maximum atomic E-state index is 8.85. The van der Waals surface area contributed by atoms with E-state index in [0.29, 0.717) is 5.47 Å². The molecule has 68 valence electrons. The second kappa shape index (κ2) is 3.47. The summed E-state index contributed by atoms with van der Waals surface area (Å²) in [5.41, 5.74) is 1.60. The maximum absolute atomic E-state index is 8.85. The van der Waals surface area contributed by atoms with E-state index in [1.165, 1.54) is 0 Å². The van der Waals surface area contributed by atoms with E-state index in [2.05, 4.69) is 26.8 Å². The molecule has 3 heteroatoms. The molecule has 0 radical (unpaired) electrons.